The number of carbonyl (C=O) groups is 3. The molecule has 170 valence electrons. The summed E-state index contributed by atoms with van der Waals surface area (Å²) in [6, 6.07) is 13.0. The largest absolute Gasteiger partial charge is 0.329 e. The van der Waals surface area contributed by atoms with E-state index in [0.717, 1.165) is 4.90 Å². The maximum absolute atomic E-state index is 14.0. The van der Waals surface area contributed by atoms with E-state index in [1.54, 1.807) is 62.1 Å². The van der Waals surface area contributed by atoms with Crippen LogP contribution in [0.1, 0.15) is 72.4 Å². The van der Waals surface area contributed by atoms with Gasteiger partial charge in [-0.05, 0) is 62.9 Å². The predicted molar refractivity (Wildman–Crippen MR) is 119 cm³/mol. The Balaban J connectivity index is 1.75. The van der Waals surface area contributed by atoms with Gasteiger partial charge >= 0.3 is 0 Å². The van der Waals surface area contributed by atoms with Gasteiger partial charge in [-0.2, -0.15) is 5.26 Å². The van der Waals surface area contributed by atoms with Crippen LogP contribution in [0.4, 0.5) is 4.39 Å². The molecule has 7 heteroatoms. The van der Waals surface area contributed by atoms with E-state index < -0.39 is 47.1 Å². The standard InChI is InChI=1S/C26H26FN3O3/c1-4-20(30-23(31)18-10-5-6-11-19(18)24(30)32)25(33)29-21(16-8-7-9-17(27)14-16)12-13-22(29)26(2,3)15-28/h5-11,14,20-22H,4,12-13H2,1-3H3/t20-,21+,22-/m1/s1. The van der Waals surface area contributed by atoms with Crippen molar-refractivity contribution in [1.82, 2.24) is 9.80 Å². The lowest BCUT2D eigenvalue weighted by Crippen LogP contribution is -2.54. The molecule has 0 bridgehead atoms. The molecule has 0 aliphatic carbocycles. The number of nitriles is 1. The number of amides is 3. The molecule has 3 amide bonds. The molecule has 1 fully saturated rings. The molecule has 4 rings (SSSR count). The number of fused-ring (bicyclic) bond motifs is 1. The summed E-state index contributed by atoms with van der Waals surface area (Å²) >= 11 is 0. The lowest BCUT2D eigenvalue weighted by Gasteiger charge is -2.39. The number of nitrogens with zero attached hydrogens (tertiary/aromatic N) is 3. The fourth-order valence-electron chi connectivity index (χ4n) is 5.07. The van der Waals surface area contributed by atoms with Crippen LogP contribution in [0.15, 0.2) is 48.5 Å². The summed E-state index contributed by atoms with van der Waals surface area (Å²) in [7, 11) is 0. The molecule has 0 saturated carbocycles. The molecule has 2 aliphatic rings. The van der Waals surface area contributed by atoms with Crippen LogP contribution < -0.4 is 0 Å². The highest BCUT2D eigenvalue weighted by molar-refractivity contribution is 6.22. The summed E-state index contributed by atoms with van der Waals surface area (Å²) in [6.07, 6.45) is 1.35. The highest BCUT2D eigenvalue weighted by atomic mass is 19.1. The van der Waals surface area contributed by atoms with E-state index in [2.05, 4.69) is 6.07 Å². The lowest BCUT2D eigenvalue weighted by atomic mass is 9.84. The topological polar surface area (TPSA) is 81.5 Å². The molecule has 6 nitrogen and oxygen atoms in total. The van der Waals surface area contributed by atoms with Crippen LogP contribution in [0, 0.1) is 22.6 Å². The first-order chi connectivity index (χ1) is 15.7. The molecule has 0 spiro atoms. The molecule has 0 N–H and O–H groups in total. The maximum Gasteiger partial charge on any atom is 0.262 e. The van der Waals surface area contributed by atoms with Crippen LogP contribution >= 0.6 is 0 Å². The van der Waals surface area contributed by atoms with Crippen molar-refractivity contribution >= 4 is 17.7 Å². The maximum atomic E-state index is 14.0. The van der Waals surface area contributed by atoms with Crippen molar-refractivity contribution in [3.05, 3.63) is 71.0 Å². The average molecular weight is 448 g/mol. The van der Waals surface area contributed by atoms with Gasteiger partial charge in [-0.1, -0.05) is 31.2 Å². The molecule has 2 aliphatic heterocycles. The summed E-state index contributed by atoms with van der Waals surface area (Å²) in [4.78, 5) is 42.9. The van der Waals surface area contributed by atoms with Gasteiger partial charge in [0.05, 0.1) is 34.7 Å². The minimum absolute atomic E-state index is 0.233. The van der Waals surface area contributed by atoms with Gasteiger partial charge in [0, 0.05) is 0 Å². The number of hydrogen-bond donors (Lipinski definition) is 0. The van der Waals surface area contributed by atoms with E-state index >= 15 is 0 Å². The number of benzene rings is 2. The van der Waals surface area contributed by atoms with E-state index in [9.17, 15) is 24.0 Å². The fourth-order valence-corrected chi connectivity index (χ4v) is 5.07. The summed E-state index contributed by atoms with van der Waals surface area (Å²) in [5.74, 6) is -1.79. The normalized spacial score (nSPS) is 21.2. The third-order valence-corrected chi connectivity index (χ3v) is 6.80. The Hall–Kier alpha value is -3.53. The highest BCUT2D eigenvalue weighted by Crippen LogP contribution is 2.44. The van der Waals surface area contributed by atoms with E-state index in [1.165, 1.54) is 12.1 Å². The van der Waals surface area contributed by atoms with Crippen molar-refractivity contribution in [1.29, 1.82) is 5.26 Å². The zero-order valence-electron chi connectivity index (χ0n) is 18.9. The summed E-state index contributed by atoms with van der Waals surface area (Å²) < 4.78 is 14.0. The summed E-state index contributed by atoms with van der Waals surface area (Å²) in [5, 5.41) is 9.80. The smallest absolute Gasteiger partial charge is 0.262 e. The van der Waals surface area contributed by atoms with Gasteiger partial charge in [0.25, 0.3) is 11.8 Å². The first kappa shape index (κ1) is 22.7. The molecule has 3 atom stereocenters. The number of hydrogen-bond acceptors (Lipinski definition) is 4. The Bertz CT molecular complexity index is 1130. The summed E-state index contributed by atoms with van der Waals surface area (Å²) in [5.41, 5.74) is 0.339. The molecule has 33 heavy (non-hydrogen) atoms. The van der Waals surface area contributed by atoms with E-state index in [1.807, 2.05) is 0 Å². The van der Waals surface area contributed by atoms with E-state index in [-0.39, 0.29) is 17.5 Å². The number of likely N-dealkylation sites (tertiary alicyclic amines) is 1. The Morgan fingerprint density at radius 1 is 1.12 bits per heavy atom. The van der Waals surface area contributed by atoms with Crippen LogP contribution in [0.2, 0.25) is 0 Å². The minimum Gasteiger partial charge on any atom is -0.329 e. The van der Waals surface area contributed by atoms with Crippen LogP contribution in [0.3, 0.4) is 0 Å². The van der Waals surface area contributed by atoms with Gasteiger partial charge in [0.1, 0.15) is 11.9 Å². The van der Waals surface area contributed by atoms with Crippen molar-refractivity contribution in [2.45, 2.75) is 58.2 Å². The molecule has 2 aromatic carbocycles. The Kier molecular flexibility index (Phi) is 5.79. The fraction of sp³-hybridized carbons (Fsp3) is 0.385. The Labute approximate surface area is 192 Å². The first-order valence-electron chi connectivity index (χ1n) is 11.2. The third kappa shape index (κ3) is 3.70. The molecule has 2 aromatic rings. The van der Waals surface area contributed by atoms with Gasteiger partial charge in [-0.15, -0.1) is 0 Å². The number of halogens is 1. The minimum atomic E-state index is -1.01. The molecule has 1 saturated heterocycles. The summed E-state index contributed by atoms with van der Waals surface area (Å²) in [6.45, 7) is 5.30. The quantitative estimate of drug-likeness (QED) is 0.633. The average Bonchev–Trinajstić information content (AvgIpc) is 3.36. The molecule has 2 heterocycles. The van der Waals surface area contributed by atoms with Crippen LogP contribution in [0.5, 0.6) is 0 Å². The highest BCUT2D eigenvalue weighted by Gasteiger charge is 2.50. The predicted octanol–water partition coefficient (Wildman–Crippen LogP) is 4.48. The van der Waals surface area contributed by atoms with Crippen molar-refractivity contribution in [3.63, 3.8) is 0 Å². The lowest BCUT2D eigenvalue weighted by molar-refractivity contribution is -0.140. The number of rotatable bonds is 5. The van der Waals surface area contributed by atoms with Crippen molar-refractivity contribution < 1.29 is 18.8 Å². The monoisotopic (exact) mass is 447 g/mol. The van der Waals surface area contributed by atoms with Gasteiger partial charge < -0.3 is 4.90 Å². The SMILES string of the molecule is CC[C@H](C(=O)N1[C@H](c2cccc(F)c2)CC[C@@H]1C(C)(C)C#N)N1C(=O)c2ccccc2C1=O. The van der Waals surface area contributed by atoms with Crippen LogP contribution in [0.25, 0.3) is 0 Å². The van der Waals surface area contributed by atoms with Crippen molar-refractivity contribution in [2.75, 3.05) is 0 Å². The number of carbonyl (C=O) groups excluding carboxylic acids is 3. The second-order valence-electron chi connectivity index (χ2n) is 9.19. The zero-order valence-corrected chi connectivity index (χ0v) is 18.9. The van der Waals surface area contributed by atoms with Gasteiger partial charge in [-0.3, -0.25) is 19.3 Å². The Morgan fingerprint density at radius 2 is 1.76 bits per heavy atom. The Morgan fingerprint density at radius 3 is 2.30 bits per heavy atom. The number of imide groups is 1. The molecule has 0 aromatic heterocycles. The van der Waals surface area contributed by atoms with Gasteiger partial charge in [0.15, 0.2) is 0 Å². The van der Waals surface area contributed by atoms with E-state index in [0.29, 0.717) is 18.4 Å². The first-order valence-corrected chi connectivity index (χ1v) is 11.2. The van der Waals surface area contributed by atoms with Gasteiger partial charge in [-0.25, -0.2) is 4.39 Å². The second kappa shape index (κ2) is 8.43. The zero-order chi connectivity index (χ0) is 23.9. The third-order valence-electron chi connectivity index (χ3n) is 6.80. The molecule has 0 radical (unpaired) electrons. The van der Waals surface area contributed by atoms with Crippen LogP contribution in [-0.2, 0) is 4.79 Å². The molecule has 0 unspecified atom stereocenters. The molecular formula is C26H26FN3O3. The van der Waals surface area contributed by atoms with E-state index in [4.69, 9.17) is 0 Å². The van der Waals surface area contributed by atoms with Crippen molar-refractivity contribution in [2.24, 2.45) is 5.41 Å². The molecular weight excluding hydrogens is 421 g/mol. The van der Waals surface area contributed by atoms with Gasteiger partial charge in [0.2, 0.25) is 5.91 Å². The second-order valence-corrected chi connectivity index (χ2v) is 9.19. The van der Waals surface area contributed by atoms with Crippen molar-refractivity contribution in [3.8, 4) is 6.07 Å². The van der Waals surface area contributed by atoms with Crippen LogP contribution in [-0.4, -0.2) is 39.6 Å².